The van der Waals surface area contributed by atoms with Crippen LogP contribution in [0.25, 0.3) is 0 Å². The SMILES string of the molecule is O=C(NC1CCC1)N1CCCCCCC1. The van der Waals surface area contributed by atoms with E-state index in [0.717, 1.165) is 13.1 Å². The Bertz CT molecular complexity index is 206. The van der Waals surface area contributed by atoms with Crippen molar-refractivity contribution in [3.63, 3.8) is 0 Å². The average Bonchev–Trinajstić information content (AvgIpc) is 2.10. The van der Waals surface area contributed by atoms with Gasteiger partial charge in [-0.1, -0.05) is 19.3 Å². The Morgan fingerprint density at radius 3 is 2.07 bits per heavy atom. The molecular formula is C12H22N2O. The van der Waals surface area contributed by atoms with Crippen LogP contribution in [0.2, 0.25) is 0 Å². The molecule has 0 aromatic rings. The maximum Gasteiger partial charge on any atom is 0.317 e. The normalized spacial score (nSPS) is 23.9. The molecule has 1 aliphatic heterocycles. The number of rotatable bonds is 1. The van der Waals surface area contributed by atoms with Gasteiger partial charge in [0, 0.05) is 19.1 Å². The van der Waals surface area contributed by atoms with Crippen molar-refractivity contribution >= 4 is 6.03 Å². The second-order valence-corrected chi connectivity index (χ2v) is 4.83. The van der Waals surface area contributed by atoms with Crippen molar-refractivity contribution in [2.75, 3.05) is 13.1 Å². The van der Waals surface area contributed by atoms with E-state index in [4.69, 9.17) is 0 Å². The van der Waals surface area contributed by atoms with Gasteiger partial charge in [-0.05, 0) is 32.1 Å². The number of amides is 2. The van der Waals surface area contributed by atoms with Crippen LogP contribution < -0.4 is 5.32 Å². The zero-order valence-electron chi connectivity index (χ0n) is 9.50. The topological polar surface area (TPSA) is 32.3 Å². The first-order valence-corrected chi connectivity index (χ1v) is 6.42. The molecule has 1 heterocycles. The van der Waals surface area contributed by atoms with Crippen molar-refractivity contribution < 1.29 is 4.79 Å². The molecule has 1 aliphatic carbocycles. The predicted octanol–water partition coefficient (Wildman–Crippen LogP) is 2.51. The smallest absolute Gasteiger partial charge is 0.317 e. The third-order valence-corrected chi connectivity index (χ3v) is 3.58. The van der Waals surface area contributed by atoms with Crippen molar-refractivity contribution in [2.24, 2.45) is 0 Å². The van der Waals surface area contributed by atoms with Crippen molar-refractivity contribution in [3.05, 3.63) is 0 Å². The fraction of sp³-hybridized carbons (Fsp3) is 0.917. The first-order valence-electron chi connectivity index (χ1n) is 6.42. The minimum atomic E-state index is 0.182. The molecular weight excluding hydrogens is 188 g/mol. The van der Waals surface area contributed by atoms with E-state index in [1.165, 1.54) is 51.4 Å². The summed E-state index contributed by atoms with van der Waals surface area (Å²) >= 11 is 0. The Morgan fingerprint density at radius 2 is 1.53 bits per heavy atom. The van der Waals surface area contributed by atoms with Crippen LogP contribution in [0, 0.1) is 0 Å². The van der Waals surface area contributed by atoms with Gasteiger partial charge in [-0.25, -0.2) is 4.79 Å². The number of likely N-dealkylation sites (tertiary alicyclic amines) is 1. The van der Waals surface area contributed by atoms with Crippen molar-refractivity contribution in [3.8, 4) is 0 Å². The lowest BCUT2D eigenvalue weighted by Crippen LogP contribution is -2.48. The molecule has 1 saturated heterocycles. The van der Waals surface area contributed by atoms with Crippen LogP contribution in [0.15, 0.2) is 0 Å². The molecule has 3 nitrogen and oxygen atoms in total. The summed E-state index contributed by atoms with van der Waals surface area (Å²) in [5.74, 6) is 0. The summed E-state index contributed by atoms with van der Waals surface area (Å²) in [7, 11) is 0. The highest BCUT2D eigenvalue weighted by Gasteiger charge is 2.22. The average molecular weight is 210 g/mol. The Kier molecular flexibility index (Phi) is 3.87. The molecule has 1 saturated carbocycles. The summed E-state index contributed by atoms with van der Waals surface area (Å²) in [5.41, 5.74) is 0. The molecule has 0 spiro atoms. The van der Waals surface area contributed by atoms with Gasteiger partial charge < -0.3 is 10.2 Å². The fourth-order valence-corrected chi connectivity index (χ4v) is 2.27. The Balaban J connectivity index is 1.75. The van der Waals surface area contributed by atoms with Crippen LogP contribution in [-0.4, -0.2) is 30.1 Å². The third kappa shape index (κ3) is 3.11. The molecule has 15 heavy (non-hydrogen) atoms. The highest BCUT2D eigenvalue weighted by molar-refractivity contribution is 5.74. The van der Waals surface area contributed by atoms with E-state index in [0.29, 0.717) is 6.04 Å². The van der Waals surface area contributed by atoms with Crippen molar-refractivity contribution in [1.82, 2.24) is 10.2 Å². The molecule has 0 aromatic carbocycles. The van der Waals surface area contributed by atoms with Crippen molar-refractivity contribution in [2.45, 2.75) is 57.4 Å². The molecule has 1 N–H and O–H groups in total. The summed E-state index contributed by atoms with van der Waals surface area (Å²) in [6.45, 7) is 1.91. The van der Waals surface area contributed by atoms with Crippen molar-refractivity contribution in [1.29, 1.82) is 0 Å². The molecule has 0 aromatic heterocycles. The maximum absolute atomic E-state index is 11.9. The molecule has 2 rings (SSSR count). The number of hydrogen-bond donors (Lipinski definition) is 1. The summed E-state index contributed by atoms with van der Waals surface area (Å²) in [6, 6.07) is 0.657. The molecule has 2 amide bonds. The number of carbonyl (C=O) groups excluding carboxylic acids is 1. The van der Waals surface area contributed by atoms with Crippen LogP contribution in [-0.2, 0) is 0 Å². The van der Waals surface area contributed by atoms with Gasteiger partial charge in [-0.2, -0.15) is 0 Å². The number of carbonyl (C=O) groups is 1. The largest absolute Gasteiger partial charge is 0.335 e. The zero-order valence-corrected chi connectivity index (χ0v) is 9.50. The lowest BCUT2D eigenvalue weighted by atomic mass is 9.93. The van der Waals surface area contributed by atoms with Crippen LogP contribution in [0.4, 0.5) is 4.79 Å². The van der Waals surface area contributed by atoms with Gasteiger partial charge >= 0.3 is 6.03 Å². The highest BCUT2D eigenvalue weighted by Crippen LogP contribution is 2.18. The molecule has 3 heteroatoms. The summed E-state index contributed by atoms with van der Waals surface area (Å²) in [5, 5.41) is 3.12. The van der Waals surface area contributed by atoms with Gasteiger partial charge in [0.1, 0.15) is 0 Å². The van der Waals surface area contributed by atoms with E-state index < -0.39 is 0 Å². The van der Waals surface area contributed by atoms with E-state index in [2.05, 4.69) is 5.32 Å². The Hall–Kier alpha value is -0.730. The number of nitrogens with zero attached hydrogens (tertiary/aromatic N) is 1. The van der Waals surface area contributed by atoms with Crippen LogP contribution in [0.1, 0.15) is 51.4 Å². The minimum absolute atomic E-state index is 0.182. The van der Waals surface area contributed by atoms with Gasteiger partial charge in [0.2, 0.25) is 0 Å². The molecule has 2 aliphatic rings. The van der Waals surface area contributed by atoms with Gasteiger partial charge in [0.25, 0.3) is 0 Å². The monoisotopic (exact) mass is 210 g/mol. The zero-order chi connectivity index (χ0) is 10.5. The highest BCUT2D eigenvalue weighted by atomic mass is 16.2. The van der Waals surface area contributed by atoms with E-state index in [1.54, 1.807) is 0 Å². The summed E-state index contributed by atoms with van der Waals surface area (Å²) < 4.78 is 0. The molecule has 86 valence electrons. The molecule has 0 atom stereocenters. The molecule has 0 bridgehead atoms. The standard InChI is InChI=1S/C12H22N2O/c15-12(13-11-7-6-8-11)14-9-4-2-1-3-5-10-14/h11H,1-10H2,(H,13,15). The number of hydrogen-bond acceptors (Lipinski definition) is 1. The van der Waals surface area contributed by atoms with E-state index in [-0.39, 0.29) is 6.03 Å². The second kappa shape index (κ2) is 5.38. The second-order valence-electron chi connectivity index (χ2n) is 4.83. The first-order chi connectivity index (χ1) is 7.36. The maximum atomic E-state index is 11.9. The van der Waals surface area contributed by atoms with E-state index >= 15 is 0 Å². The first kappa shape index (κ1) is 10.8. The van der Waals surface area contributed by atoms with Crippen LogP contribution in [0.3, 0.4) is 0 Å². The van der Waals surface area contributed by atoms with Crippen LogP contribution >= 0.6 is 0 Å². The quantitative estimate of drug-likeness (QED) is 0.708. The fourth-order valence-electron chi connectivity index (χ4n) is 2.27. The molecule has 0 radical (unpaired) electrons. The summed E-state index contributed by atoms with van der Waals surface area (Å²) in [4.78, 5) is 13.9. The predicted molar refractivity (Wildman–Crippen MR) is 60.8 cm³/mol. The van der Waals surface area contributed by atoms with Gasteiger partial charge in [0.15, 0.2) is 0 Å². The lowest BCUT2D eigenvalue weighted by Gasteiger charge is -2.31. The Morgan fingerprint density at radius 1 is 0.933 bits per heavy atom. The third-order valence-electron chi connectivity index (χ3n) is 3.58. The lowest BCUT2D eigenvalue weighted by molar-refractivity contribution is 0.181. The van der Waals surface area contributed by atoms with Crippen LogP contribution in [0.5, 0.6) is 0 Å². The van der Waals surface area contributed by atoms with Gasteiger partial charge in [-0.3, -0.25) is 0 Å². The number of nitrogens with one attached hydrogen (secondary N) is 1. The summed E-state index contributed by atoms with van der Waals surface area (Å²) in [6.07, 6.45) is 9.92. The Labute approximate surface area is 92.2 Å². The molecule has 0 unspecified atom stereocenters. The molecule has 2 fully saturated rings. The minimum Gasteiger partial charge on any atom is -0.335 e. The van der Waals surface area contributed by atoms with E-state index in [9.17, 15) is 4.79 Å². The van der Waals surface area contributed by atoms with Gasteiger partial charge in [0.05, 0.1) is 0 Å². The number of urea groups is 1. The van der Waals surface area contributed by atoms with E-state index in [1.807, 2.05) is 4.90 Å². The van der Waals surface area contributed by atoms with Gasteiger partial charge in [-0.15, -0.1) is 0 Å².